The Labute approximate surface area is 145 Å². The summed E-state index contributed by atoms with van der Waals surface area (Å²) in [4.78, 5) is 24.1. The SMILES string of the molecule is Nc1ccc2c(c1)CCCC2NC(=O)c1ccc2c(c1)NC(=O)CO2. The van der Waals surface area contributed by atoms with E-state index in [4.69, 9.17) is 10.5 Å². The minimum Gasteiger partial charge on any atom is -0.482 e. The number of amides is 2. The van der Waals surface area contributed by atoms with Crippen LogP contribution >= 0.6 is 0 Å². The number of rotatable bonds is 2. The van der Waals surface area contributed by atoms with E-state index in [0.717, 1.165) is 30.5 Å². The molecule has 4 N–H and O–H groups in total. The van der Waals surface area contributed by atoms with Gasteiger partial charge in [-0.05, 0) is 60.7 Å². The Kier molecular flexibility index (Phi) is 3.80. The van der Waals surface area contributed by atoms with Crippen LogP contribution in [0.5, 0.6) is 5.75 Å². The average molecular weight is 337 g/mol. The van der Waals surface area contributed by atoms with E-state index in [1.54, 1.807) is 18.2 Å². The number of nitrogens with two attached hydrogens (primary N) is 1. The van der Waals surface area contributed by atoms with Crippen LogP contribution in [0, 0.1) is 0 Å². The van der Waals surface area contributed by atoms with Crippen molar-refractivity contribution in [1.29, 1.82) is 0 Å². The lowest BCUT2D eigenvalue weighted by molar-refractivity contribution is -0.118. The topological polar surface area (TPSA) is 93.5 Å². The minimum absolute atomic E-state index is 0.000528. The van der Waals surface area contributed by atoms with Gasteiger partial charge in [0, 0.05) is 11.3 Å². The van der Waals surface area contributed by atoms with E-state index in [2.05, 4.69) is 10.6 Å². The summed E-state index contributed by atoms with van der Waals surface area (Å²) in [6.45, 7) is 0.000528. The number of anilines is 2. The van der Waals surface area contributed by atoms with Crippen molar-refractivity contribution in [2.24, 2.45) is 0 Å². The predicted octanol–water partition coefficient (Wildman–Crippen LogP) is 2.41. The number of ether oxygens (including phenoxy) is 1. The second-order valence-electron chi connectivity index (χ2n) is 6.42. The summed E-state index contributed by atoms with van der Waals surface area (Å²) in [5.74, 6) is 0.191. The van der Waals surface area contributed by atoms with Crippen molar-refractivity contribution in [3.63, 3.8) is 0 Å². The molecule has 1 atom stereocenters. The van der Waals surface area contributed by atoms with Gasteiger partial charge in [-0.25, -0.2) is 0 Å². The highest BCUT2D eigenvalue weighted by Gasteiger charge is 2.23. The molecule has 0 aromatic heterocycles. The third-order valence-electron chi connectivity index (χ3n) is 4.66. The van der Waals surface area contributed by atoms with Gasteiger partial charge in [-0.2, -0.15) is 0 Å². The molecule has 128 valence electrons. The molecule has 1 heterocycles. The van der Waals surface area contributed by atoms with Gasteiger partial charge in [0.15, 0.2) is 6.61 Å². The molecular formula is C19H19N3O3. The maximum absolute atomic E-state index is 12.7. The number of carbonyl (C=O) groups excluding carboxylic acids is 2. The van der Waals surface area contributed by atoms with Gasteiger partial charge in [0.1, 0.15) is 5.75 Å². The minimum atomic E-state index is -0.219. The molecule has 0 saturated heterocycles. The number of aryl methyl sites for hydroxylation is 1. The average Bonchev–Trinajstić information content (AvgIpc) is 2.61. The third-order valence-corrected chi connectivity index (χ3v) is 4.66. The van der Waals surface area contributed by atoms with Crippen LogP contribution in [-0.2, 0) is 11.2 Å². The molecule has 6 nitrogen and oxygen atoms in total. The Morgan fingerprint density at radius 3 is 3.00 bits per heavy atom. The van der Waals surface area contributed by atoms with Crippen molar-refractivity contribution in [3.05, 3.63) is 53.1 Å². The van der Waals surface area contributed by atoms with Gasteiger partial charge in [0.05, 0.1) is 11.7 Å². The lowest BCUT2D eigenvalue weighted by Crippen LogP contribution is -2.31. The summed E-state index contributed by atoms with van der Waals surface area (Å²) >= 11 is 0. The molecule has 2 aromatic rings. The number of hydrogen-bond donors (Lipinski definition) is 3. The smallest absolute Gasteiger partial charge is 0.262 e. The van der Waals surface area contributed by atoms with Crippen LogP contribution in [0.25, 0.3) is 0 Å². The maximum atomic E-state index is 12.7. The molecule has 0 radical (unpaired) electrons. The second-order valence-corrected chi connectivity index (χ2v) is 6.42. The van der Waals surface area contributed by atoms with Crippen LogP contribution in [0.2, 0.25) is 0 Å². The fraction of sp³-hybridized carbons (Fsp3) is 0.263. The van der Waals surface area contributed by atoms with Gasteiger partial charge in [-0.1, -0.05) is 6.07 Å². The van der Waals surface area contributed by atoms with Gasteiger partial charge >= 0.3 is 0 Å². The van der Waals surface area contributed by atoms with Crippen LogP contribution in [0.3, 0.4) is 0 Å². The number of nitrogens with one attached hydrogen (secondary N) is 2. The number of nitrogen functional groups attached to an aromatic ring is 1. The van der Waals surface area contributed by atoms with Gasteiger partial charge in [0.25, 0.3) is 11.8 Å². The predicted molar refractivity (Wildman–Crippen MR) is 94.6 cm³/mol. The molecule has 2 aromatic carbocycles. The Bertz CT molecular complexity index is 863. The van der Waals surface area contributed by atoms with E-state index in [-0.39, 0.29) is 24.5 Å². The van der Waals surface area contributed by atoms with E-state index >= 15 is 0 Å². The standard InChI is InChI=1S/C19H19N3O3/c20-13-5-6-14-11(8-13)2-1-3-15(14)22-19(24)12-4-7-17-16(9-12)21-18(23)10-25-17/h4-9,15H,1-3,10,20H2,(H,21,23)(H,22,24). The van der Waals surface area contributed by atoms with Crippen LogP contribution in [0.15, 0.2) is 36.4 Å². The molecule has 0 bridgehead atoms. The number of benzene rings is 2. The van der Waals surface area contributed by atoms with Crippen LogP contribution in [0.4, 0.5) is 11.4 Å². The summed E-state index contributed by atoms with van der Waals surface area (Å²) < 4.78 is 5.32. The summed E-state index contributed by atoms with van der Waals surface area (Å²) in [5, 5.41) is 5.82. The Hall–Kier alpha value is -3.02. The van der Waals surface area contributed by atoms with Crippen LogP contribution < -0.4 is 21.1 Å². The molecule has 4 rings (SSSR count). The van der Waals surface area contributed by atoms with E-state index in [0.29, 0.717) is 17.0 Å². The fourth-order valence-electron chi connectivity index (χ4n) is 3.45. The third kappa shape index (κ3) is 3.03. The summed E-state index contributed by atoms with van der Waals surface area (Å²) in [6.07, 6.45) is 2.89. The second kappa shape index (κ2) is 6.12. The number of fused-ring (bicyclic) bond motifs is 2. The van der Waals surface area contributed by atoms with Crippen molar-refractivity contribution in [2.75, 3.05) is 17.7 Å². The Morgan fingerprint density at radius 1 is 1.24 bits per heavy atom. The molecule has 1 aliphatic heterocycles. The van der Waals surface area contributed by atoms with Crippen molar-refractivity contribution in [1.82, 2.24) is 5.32 Å². The molecule has 0 saturated carbocycles. The normalized spacial score (nSPS) is 18.4. The van der Waals surface area contributed by atoms with Crippen LogP contribution in [0.1, 0.15) is 40.4 Å². The van der Waals surface area contributed by atoms with E-state index in [1.165, 1.54) is 5.56 Å². The summed E-state index contributed by atoms with van der Waals surface area (Å²) in [6, 6.07) is 10.9. The van der Waals surface area contributed by atoms with Gasteiger partial charge in [-0.15, -0.1) is 0 Å². The van der Waals surface area contributed by atoms with Gasteiger partial charge < -0.3 is 21.1 Å². The van der Waals surface area contributed by atoms with Crippen molar-refractivity contribution in [3.8, 4) is 5.75 Å². The molecule has 0 spiro atoms. The highest BCUT2D eigenvalue weighted by molar-refractivity contribution is 6.00. The zero-order chi connectivity index (χ0) is 17.4. The van der Waals surface area contributed by atoms with Gasteiger partial charge in [0.2, 0.25) is 0 Å². The molecular weight excluding hydrogens is 318 g/mol. The summed E-state index contributed by atoms with van der Waals surface area (Å²) in [5.41, 5.74) is 9.95. The molecule has 6 heteroatoms. The van der Waals surface area contributed by atoms with E-state index in [9.17, 15) is 9.59 Å². The van der Waals surface area contributed by atoms with Crippen molar-refractivity contribution >= 4 is 23.2 Å². The Balaban J connectivity index is 1.55. The summed E-state index contributed by atoms with van der Waals surface area (Å²) in [7, 11) is 0. The zero-order valence-corrected chi connectivity index (χ0v) is 13.7. The molecule has 0 fully saturated rings. The molecule has 2 aliphatic rings. The van der Waals surface area contributed by atoms with E-state index < -0.39 is 0 Å². The highest BCUT2D eigenvalue weighted by Crippen LogP contribution is 2.32. The van der Waals surface area contributed by atoms with Gasteiger partial charge in [-0.3, -0.25) is 9.59 Å². The number of hydrogen-bond acceptors (Lipinski definition) is 4. The first kappa shape index (κ1) is 15.5. The molecule has 1 aliphatic carbocycles. The lowest BCUT2D eigenvalue weighted by atomic mass is 9.87. The Morgan fingerprint density at radius 2 is 2.12 bits per heavy atom. The number of carbonyl (C=O) groups is 2. The first-order valence-corrected chi connectivity index (χ1v) is 8.36. The first-order valence-electron chi connectivity index (χ1n) is 8.36. The zero-order valence-electron chi connectivity index (χ0n) is 13.7. The first-order chi connectivity index (χ1) is 12.1. The van der Waals surface area contributed by atoms with Crippen LogP contribution in [-0.4, -0.2) is 18.4 Å². The van der Waals surface area contributed by atoms with Crippen molar-refractivity contribution < 1.29 is 14.3 Å². The van der Waals surface area contributed by atoms with E-state index in [1.807, 2.05) is 18.2 Å². The molecule has 1 unspecified atom stereocenters. The quantitative estimate of drug-likeness (QED) is 0.734. The fourth-order valence-corrected chi connectivity index (χ4v) is 3.45. The highest BCUT2D eigenvalue weighted by atomic mass is 16.5. The van der Waals surface area contributed by atoms with Crippen molar-refractivity contribution in [2.45, 2.75) is 25.3 Å². The maximum Gasteiger partial charge on any atom is 0.262 e. The molecule has 25 heavy (non-hydrogen) atoms. The lowest BCUT2D eigenvalue weighted by Gasteiger charge is -2.27. The largest absolute Gasteiger partial charge is 0.482 e. The molecule has 2 amide bonds. The monoisotopic (exact) mass is 337 g/mol.